The standard InChI is InChI=1S/C23H27N3O2S/c1-28-19-11-9-18(10-12-19)17-26-22(27)20-7-3-4-8-21(20)24-23(26)29-16-15-25-13-5-2-6-14-25/h3-4,7-12H,2,5-6,13-17H2,1H3. The minimum Gasteiger partial charge on any atom is -0.497 e. The lowest BCUT2D eigenvalue weighted by molar-refractivity contribution is 0.242. The van der Waals surface area contributed by atoms with E-state index in [-0.39, 0.29) is 5.56 Å². The number of rotatable bonds is 7. The van der Waals surface area contributed by atoms with E-state index < -0.39 is 0 Å². The molecule has 0 amide bonds. The monoisotopic (exact) mass is 409 g/mol. The molecule has 1 aromatic heterocycles. The molecule has 0 radical (unpaired) electrons. The van der Waals surface area contributed by atoms with Crippen LogP contribution < -0.4 is 10.3 Å². The summed E-state index contributed by atoms with van der Waals surface area (Å²) in [5.74, 6) is 1.75. The number of aromatic nitrogens is 2. The van der Waals surface area contributed by atoms with Gasteiger partial charge in [-0.05, 0) is 55.8 Å². The maximum absolute atomic E-state index is 13.2. The number of methoxy groups -OCH3 is 1. The lowest BCUT2D eigenvalue weighted by Crippen LogP contribution is -2.32. The number of nitrogens with zero attached hydrogens (tertiary/aromatic N) is 3. The largest absolute Gasteiger partial charge is 0.497 e. The van der Waals surface area contributed by atoms with Crippen LogP contribution in [-0.2, 0) is 6.54 Å². The zero-order valence-electron chi connectivity index (χ0n) is 16.8. The highest BCUT2D eigenvalue weighted by Gasteiger charge is 2.14. The minimum absolute atomic E-state index is 0.0203. The van der Waals surface area contributed by atoms with E-state index in [9.17, 15) is 4.79 Å². The van der Waals surface area contributed by atoms with Gasteiger partial charge in [0.2, 0.25) is 0 Å². The molecule has 0 spiro atoms. The summed E-state index contributed by atoms with van der Waals surface area (Å²) in [6.07, 6.45) is 3.93. The highest BCUT2D eigenvalue weighted by molar-refractivity contribution is 7.99. The SMILES string of the molecule is COc1ccc(Cn2c(SCCN3CCCCC3)nc3ccccc3c2=O)cc1. The Labute approximate surface area is 175 Å². The van der Waals surface area contributed by atoms with Crippen molar-refractivity contribution in [3.8, 4) is 5.75 Å². The van der Waals surface area contributed by atoms with Crippen LogP contribution in [0.1, 0.15) is 24.8 Å². The molecule has 0 aliphatic carbocycles. The van der Waals surface area contributed by atoms with Gasteiger partial charge in [-0.3, -0.25) is 9.36 Å². The van der Waals surface area contributed by atoms with Gasteiger partial charge in [-0.25, -0.2) is 4.98 Å². The van der Waals surface area contributed by atoms with Crippen LogP contribution in [-0.4, -0.2) is 46.9 Å². The van der Waals surface area contributed by atoms with Crippen molar-refractivity contribution in [1.82, 2.24) is 14.5 Å². The average Bonchev–Trinajstić information content (AvgIpc) is 2.77. The normalized spacial score (nSPS) is 14.9. The van der Waals surface area contributed by atoms with Crippen LogP contribution >= 0.6 is 11.8 Å². The van der Waals surface area contributed by atoms with E-state index in [1.165, 1.54) is 32.4 Å². The molecule has 0 N–H and O–H groups in total. The van der Waals surface area contributed by atoms with Crippen LogP contribution in [0.2, 0.25) is 0 Å². The van der Waals surface area contributed by atoms with Crippen molar-refractivity contribution in [3.63, 3.8) is 0 Å². The fourth-order valence-corrected chi connectivity index (χ4v) is 4.76. The van der Waals surface area contributed by atoms with Crippen LogP contribution in [0, 0.1) is 0 Å². The van der Waals surface area contributed by atoms with Gasteiger partial charge in [0, 0.05) is 12.3 Å². The molecule has 1 fully saturated rings. The number of likely N-dealkylation sites (tertiary alicyclic amines) is 1. The van der Waals surface area contributed by atoms with Gasteiger partial charge in [0.05, 0.1) is 24.6 Å². The molecule has 29 heavy (non-hydrogen) atoms. The number of thioether (sulfide) groups is 1. The molecule has 0 unspecified atom stereocenters. The highest BCUT2D eigenvalue weighted by Crippen LogP contribution is 2.21. The summed E-state index contributed by atoms with van der Waals surface area (Å²) in [6.45, 7) is 3.91. The summed E-state index contributed by atoms with van der Waals surface area (Å²) in [7, 11) is 1.66. The van der Waals surface area contributed by atoms with Gasteiger partial charge < -0.3 is 9.64 Å². The number of fused-ring (bicyclic) bond motifs is 1. The summed E-state index contributed by atoms with van der Waals surface area (Å²) in [5, 5.41) is 1.46. The molecule has 0 atom stereocenters. The second kappa shape index (κ2) is 9.46. The van der Waals surface area contributed by atoms with Gasteiger partial charge in [-0.15, -0.1) is 0 Å². The average molecular weight is 410 g/mol. The molecule has 0 bridgehead atoms. The maximum Gasteiger partial charge on any atom is 0.262 e. The van der Waals surface area contributed by atoms with E-state index in [4.69, 9.17) is 9.72 Å². The van der Waals surface area contributed by atoms with E-state index in [1.54, 1.807) is 18.9 Å². The van der Waals surface area contributed by atoms with E-state index in [2.05, 4.69) is 4.90 Å². The minimum atomic E-state index is 0.0203. The van der Waals surface area contributed by atoms with Crippen molar-refractivity contribution in [2.75, 3.05) is 32.5 Å². The number of benzene rings is 2. The van der Waals surface area contributed by atoms with Crippen molar-refractivity contribution >= 4 is 22.7 Å². The van der Waals surface area contributed by atoms with Crippen LogP contribution in [0.4, 0.5) is 0 Å². The molecule has 1 aliphatic heterocycles. The van der Waals surface area contributed by atoms with Gasteiger partial charge in [-0.2, -0.15) is 0 Å². The van der Waals surface area contributed by atoms with E-state index in [0.717, 1.165) is 34.3 Å². The Morgan fingerprint density at radius 2 is 1.79 bits per heavy atom. The maximum atomic E-state index is 13.2. The second-order valence-electron chi connectivity index (χ2n) is 7.40. The second-order valence-corrected chi connectivity index (χ2v) is 8.46. The molecule has 152 valence electrons. The molecular formula is C23H27N3O2S. The Balaban J connectivity index is 1.59. The zero-order valence-corrected chi connectivity index (χ0v) is 17.7. The molecule has 2 heterocycles. The quantitative estimate of drug-likeness (QED) is 0.436. The Kier molecular flexibility index (Phi) is 6.52. The van der Waals surface area contributed by atoms with E-state index in [0.29, 0.717) is 11.9 Å². The molecule has 3 aromatic rings. The van der Waals surface area contributed by atoms with Crippen molar-refractivity contribution in [1.29, 1.82) is 0 Å². The third-order valence-electron chi connectivity index (χ3n) is 5.41. The first-order chi connectivity index (χ1) is 14.2. The first-order valence-electron chi connectivity index (χ1n) is 10.2. The molecule has 0 saturated carbocycles. The highest BCUT2D eigenvalue weighted by atomic mass is 32.2. The van der Waals surface area contributed by atoms with Crippen LogP contribution in [0.5, 0.6) is 5.75 Å². The first-order valence-corrected chi connectivity index (χ1v) is 11.2. The number of hydrogen-bond donors (Lipinski definition) is 0. The van der Waals surface area contributed by atoms with Crippen LogP contribution in [0.3, 0.4) is 0 Å². The zero-order chi connectivity index (χ0) is 20.1. The van der Waals surface area contributed by atoms with Gasteiger partial charge in [0.1, 0.15) is 5.75 Å². The predicted molar refractivity (Wildman–Crippen MR) is 119 cm³/mol. The van der Waals surface area contributed by atoms with Gasteiger partial charge in [-0.1, -0.05) is 42.4 Å². The fourth-order valence-electron chi connectivity index (χ4n) is 3.76. The van der Waals surface area contributed by atoms with Gasteiger partial charge >= 0.3 is 0 Å². The van der Waals surface area contributed by atoms with Gasteiger partial charge in [0.15, 0.2) is 5.16 Å². The molecule has 5 nitrogen and oxygen atoms in total. The molecule has 1 aliphatic rings. The molecule has 6 heteroatoms. The van der Waals surface area contributed by atoms with E-state index >= 15 is 0 Å². The summed E-state index contributed by atoms with van der Waals surface area (Å²) >= 11 is 1.68. The molecular weight excluding hydrogens is 382 g/mol. The molecule has 2 aromatic carbocycles. The Hall–Kier alpha value is -2.31. The Bertz CT molecular complexity index is 1010. The first kappa shape index (κ1) is 20.0. The number of para-hydroxylation sites is 1. The summed E-state index contributed by atoms with van der Waals surface area (Å²) in [6, 6.07) is 15.5. The van der Waals surface area contributed by atoms with Gasteiger partial charge in [0.25, 0.3) is 5.56 Å². The lowest BCUT2D eigenvalue weighted by atomic mass is 10.1. The van der Waals surface area contributed by atoms with Crippen molar-refractivity contribution in [2.45, 2.75) is 31.0 Å². The third-order valence-corrected chi connectivity index (χ3v) is 6.37. The topological polar surface area (TPSA) is 47.4 Å². The summed E-state index contributed by atoms with van der Waals surface area (Å²) < 4.78 is 7.06. The number of ether oxygens (including phenoxy) is 1. The summed E-state index contributed by atoms with van der Waals surface area (Å²) in [4.78, 5) is 20.6. The summed E-state index contributed by atoms with van der Waals surface area (Å²) in [5.41, 5.74) is 1.85. The number of hydrogen-bond acceptors (Lipinski definition) is 5. The smallest absolute Gasteiger partial charge is 0.262 e. The van der Waals surface area contributed by atoms with E-state index in [1.807, 2.05) is 53.1 Å². The lowest BCUT2D eigenvalue weighted by Gasteiger charge is -2.26. The Morgan fingerprint density at radius 1 is 1.03 bits per heavy atom. The predicted octanol–water partition coefficient (Wildman–Crippen LogP) is 4.03. The Morgan fingerprint density at radius 3 is 2.55 bits per heavy atom. The molecule has 4 rings (SSSR count). The third kappa shape index (κ3) is 4.82. The van der Waals surface area contributed by atoms with Crippen molar-refractivity contribution in [3.05, 3.63) is 64.4 Å². The van der Waals surface area contributed by atoms with Crippen molar-refractivity contribution < 1.29 is 4.74 Å². The number of piperidine rings is 1. The van der Waals surface area contributed by atoms with Crippen LogP contribution in [0.15, 0.2) is 58.5 Å². The van der Waals surface area contributed by atoms with Crippen molar-refractivity contribution in [2.24, 2.45) is 0 Å². The fraction of sp³-hybridized carbons (Fsp3) is 0.391. The molecule has 1 saturated heterocycles. The van der Waals surface area contributed by atoms with Crippen LogP contribution in [0.25, 0.3) is 10.9 Å².